The molecule has 4 heteroatoms. The molecular weight excluding hydrogens is 266 g/mol. The molecule has 2 N–H and O–H groups in total. The first-order valence-electron chi connectivity index (χ1n) is 5.67. The van der Waals surface area contributed by atoms with Crippen molar-refractivity contribution in [3.63, 3.8) is 0 Å². The molecule has 0 amide bonds. The van der Waals surface area contributed by atoms with Crippen LogP contribution in [0, 0.1) is 0 Å². The van der Waals surface area contributed by atoms with Crippen LogP contribution in [-0.2, 0) is 6.54 Å². The lowest BCUT2D eigenvalue weighted by molar-refractivity contribution is 0.513. The third-order valence-corrected chi connectivity index (χ3v) is 3.72. The zero-order chi connectivity index (χ0) is 11.8. The number of aromatic nitrogens is 1. The Morgan fingerprint density at radius 3 is 2.88 bits per heavy atom. The van der Waals surface area contributed by atoms with E-state index in [1.807, 2.05) is 6.20 Å². The summed E-state index contributed by atoms with van der Waals surface area (Å²) in [7, 11) is 0. The first kappa shape index (κ1) is 11.9. The quantitative estimate of drug-likeness (QED) is 0.908. The number of nitrogens with zero attached hydrogens (tertiary/aromatic N) is 2. The summed E-state index contributed by atoms with van der Waals surface area (Å²) in [5, 5.41) is 0. The molecular formula is C12H18BrN3. The summed E-state index contributed by atoms with van der Waals surface area (Å²) < 4.78 is 0.994. The molecule has 1 aliphatic heterocycles. The van der Waals surface area contributed by atoms with Gasteiger partial charge in [-0.15, -0.1) is 0 Å². The lowest BCUT2D eigenvalue weighted by Gasteiger charge is -2.34. The SMILES string of the molecule is CC1(C)CCCN1c1ncc(Br)cc1CN. The number of pyridine rings is 1. The van der Waals surface area contributed by atoms with Crippen LogP contribution in [0.2, 0.25) is 0 Å². The minimum Gasteiger partial charge on any atom is -0.351 e. The van der Waals surface area contributed by atoms with Crippen molar-refractivity contribution in [2.75, 3.05) is 11.4 Å². The molecule has 0 aliphatic carbocycles. The molecule has 1 aromatic heterocycles. The van der Waals surface area contributed by atoms with Crippen LogP contribution in [0.15, 0.2) is 16.7 Å². The van der Waals surface area contributed by atoms with Crippen LogP contribution >= 0.6 is 15.9 Å². The van der Waals surface area contributed by atoms with E-state index in [4.69, 9.17) is 5.73 Å². The summed E-state index contributed by atoms with van der Waals surface area (Å²) in [5.74, 6) is 1.05. The van der Waals surface area contributed by atoms with Crippen molar-refractivity contribution in [2.45, 2.75) is 38.8 Å². The van der Waals surface area contributed by atoms with Crippen molar-refractivity contribution in [3.8, 4) is 0 Å². The molecule has 0 aromatic carbocycles. The highest BCUT2D eigenvalue weighted by atomic mass is 79.9. The van der Waals surface area contributed by atoms with Gasteiger partial charge in [-0.1, -0.05) is 0 Å². The second-order valence-electron chi connectivity index (χ2n) is 4.91. The van der Waals surface area contributed by atoms with Gasteiger partial charge in [-0.3, -0.25) is 0 Å². The average molecular weight is 284 g/mol. The molecule has 1 fully saturated rings. The highest BCUT2D eigenvalue weighted by Gasteiger charge is 2.33. The summed E-state index contributed by atoms with van der Waals surface area (Å²) in [6.45, 7) is 6.15. The molecule has 16 heavy (non-hydrogen) atoms. The molecule has 0 radical (unpaired) electrons. The Balaban J connectivity index is 2.40. The Morgan fingerprint density at radius 1 is 1.56 bits per heavy atom. The maximum atomic E-state index is 5.79. The second kappa shape index (κ2) is 4.34. The standard InChI is InChI=1S/C12H18BrN3/c1-12(2)4-3-5-16(12)11-9(7-14)6-10(13)8-15-11/h6,8H,3-5,7,14H2,1-2H3. The van der Waals surface area contributed by atoms with Crippen LogP contribution in [0.1, 0.15) is 32.3 Å². The average Bonchev–Trinajstić information content (AvgIpc) is 2.58. The van der Waals surface area contributed by atoms with Gasteiger partial charge in [0.1, 0.15) is 5.82 Å². The van der Waals surface area contributed by atoms with E-state index < -0.39 is 0 Å². The van der Waals surface area contributed by atoms with Crippen LogP contribution < -0.4 is 10.6 Å². The smallest absolute Gasteiger partial charge is 0.133 e. The van der Waals surface area contributed by atoms with Gasteiger partial charge in [0.2, 0.25) is 0 Å². The third kappa shape index (κ3) is 2.09. The molecule has 2 rings (SSSR count). The van der Waals surface area contributed by atoms with Crippen molar-refractivity contribution >= 4 is 21.7 Å². The number of anilines is 1. The van der Waals surface area contributed by atoms with Gasteiger partial charge in [0.15, 0.2) is 0 Å². The fourth-order valence-corrected chi connectivity index (χ4v) is 2.75. The number of halogens is 1. The van der Waals surface area contributed by atoms with Gasteiger partial charge in [0.05, 0.1) is 0 Å². The van der Waals surface area contributed by atoms with Crippen LogP contribution in [0.3, 0.4) is 0 Å². The zero-order valence-electron chi connectivity index (χ0n) is 9.83. The number of hydrogen-bond acceptors (Lipinski definition) is 3. The Bertz CT molecular complexity index is 390. The molecule has 3 nitrogen and oxygen atoms in total. The van der Waals surface area contributed by atoms with Crippen molar-refractivity contribution in [2.24, 2.45) is 5.73 Å². The minimum absolute atomic E-state index is 0.199. The number of hydrogen-bond donors (Lipinski definition) is 1. The third-order valence-electron chi connectivity index (χ3n) is 3.29. The van der Waals surface area contributed by atoms with Gasteiger partial charge in [0, 0.05) is 34.9 Å². The first-order chi connectivity index (χ1) is 7.54. The molecule has 0 saturated carbocycles. The van der Waals surface area contributed by atoms with E-state index in [-0.39, 0.29) is 5.54 Å². The van der Waals surface area contributed by atoms with Gasteiger partial charge in [-0.2, -0.15) is 0 Å². The van der Waals surface area contributed by atoms with Crippen molar-refractivity contribution in [3.05, 3.63) is 22.3 Å². The summed E-state index contributed by atoms with van der Waals surface area (Å²) in [4.78, 5) is 6.90. The molecule has 0 bridgehead atoms. The molecule has 1 saturated heterocycles. The fraction of sp³-hybridized carbons (Fsp3) is 0.583. The van der Waals surface area contributed by atoms with E-state index in [1.165, 1.54) is 12.8 Å². The van der Waals surface area contributed by atoms with Crippen LogP contribution in [0.25, 0.3) is 0 Å². The van der Waals surface area contributed by atoms with Crippen molar-refractivity contribution in [1.29, 1.82) is 0 Å². The van der Waals surface area contributed by atoms with E-state index in [1.54, 1.807) is 0 Å². The lowest BCUT2D eigenvalue weighted by Crippen LogP contribution is -2.39. The molecule has 2 heterocycles. The van der Waals surface area contributed by atoms with Crippen LogP contribution in [0.4, 0.5) is 5.82 Å². The minimum atomic E-state index is 0.199. The van der Waals surface area contributed by atoms with E-state index >= 15 is 0 Å². The van der Waals surface area contributed by atoms with E-state index in [9.17, 15) is 0 Å². The van der Waals surface area contributed by atoms with E-state index in [0.29, 0.717) is 6.54 Å². The lowest BCUT2D eigenvalue weighted by atomic mass is 10.0. The molecule has 0 atom stereocenters. The monoisotopic (exact) mass is 283 g/mol. The van der Waals surface area contributed by atoms with Gasteiger partial charge in [-0.05, 0) is 48.7 Å². The van der Waals surface area contributed by atoms with E-state index in [2.05, 4.69) is 45.7 Å². The topological polar surface area (TPSA) is 42.2 Å². The Hall–Kier alpha value is -0.610. The van der Waals surface area contributed by atoms with Crippen molar-refractivity contribution < 1.29 is 0 Å². The van der Waals surface area contributed by atoms with Gasteiger partial charge >= 0.3 is 0 Å². The molecule has 1 aliphatic rings. The summed E-state index contributed by atoms with van der Waals surface area (Å²) in [6, 6.07) is 2.07. The first-order valence-corrected chi connectivity index (χ1v) is 6.46. The number of nitrogens with two attached hydrogens (primary N) is 1. The summed E-state index contributed by atoms with van der Waals surface area (Å²) >= 11 is 3.44. The van der Waals surface area contributed by atoms with Crippen molar-refractivity contribution in [1.82, 2.24) is 4.98 Å². The van der Waals surface area contributed by atoms with E-state index in [0.717, 1.165) is 22.4 Å². The maximum absolute atomic E-state index is 5.79. The van der Waals surface area contributed by atoms with Gasteiger partial charge in [0.25, 0.3) is 0 Å². The zero-order valence-corrected chi connectivity index (χ0v) is 11.4. The Morgan fingerprint density at radius 2 is 2.31 bits per heavy atom. The molecule has 1 aromatic rings. The largest absolute Gasteiger partial charge is 0.351 e. The van der Waals surface area contributed by atoms with Gasteiger partial charge in [-0.25, -0.2) is 4.98 Å². The molecule has 0 spiro atoms. The number of rotatable bonds is 2. The highest BCUT2D eigenvalue weighted by molar-refractivity contribution is 9.10. The summed E-state index contributed by atoms with van der Waals surface area (Å²) in [6.07, 6.45) is 4.30. The predicted molar refractivity (Wildman–Crippen MR) is 70.5 cm³/mol. The van der Waals surface area contributed by atoms with Gasteiger partial charge < -0.3 is 10.6 Å². The Labute approximate surface area is 105 Å². The fourth-order valence-electron chi connectivity index (χ4n) is 2.37. The molecule has 0 unspecified atom stereocenters. The normalized spacial score (nSPS) is 19.1. The summed E-state index contributed by atoms with van der Waals surface area (Å²) in [5.41, 5.74) is 7.10. The van der Waals surface area contributed by atoms with Crippen LogP contribution in [0.5, 0.6) is 0 Å². The molecule has 88 valence electrons. The highest BCUT2D eigenvalue weighted by Crippen LogP contribution is 2.34. The predicted octanol–water partition coefficient (Wildman–Crippen LogP) is 2.68. The Kier molecular flexibility index (Phi) is 3.22. The maximum Gasteiger partial charge on any atom is 0.133 e. The second-order valence-corrected chi connectivity index (χ2v) is 5.82. The van der Waals surface area contributed by atoms with Crippen LogP contribution in [-0.4, -0.2) is 17.1 Å².